The number of phenolic OH excluding ortho intramolecular Hbond substituents is 1. The first kappa shape index (κ1) is 10.4. The lowest BCUT2D eigenvalue weighted by molar-refractivity contribution is 0.138. The van der Waals surface area contributed by atoms with Crippen molar-refractivity contribution in [2.45, 2.75) is 17.9 Å². The van der Waals surface area contributed by atoms with Gasteiger partial charge in [0.05, 0.1) is 6.10 Å². The molecule has 1 rings (SSSR count). The molecule has 0 saturated carbocycles. The van der Waals surface area contributed by atoms with Crippen LogP contribution in [-0.4, -0.2) is 24.1 Å². The summed E-state index contributed by atoms with van der Waals surface area (Å²) in [6, 6.07) is 7.25. The molecular weight excluding hydrogens is 184 g/mol. The highest BCUT2D eigenvalue weighted by atomic mass is 32.2. The van der Waals surface area contributed by atoms with Crippen molar-refractivity contribution in [2.75, 3.05) is 12.9 Å². The Morgan fingerprint density at radius 3 is 2.92 bits per heavy atom. The number of methoxy groups -OCH3 is 1. The summed E-state index contributed by atoms with van der Waals surface area (Å²) in [5.41, 5.74) is 0. The highest BCUT2D eigenvalue weighted by Crippen LogP contribution is 2.22. The molecule has 2 nitrogen and oxygen atoms in total. The molecule has 1 aromatic rings. The molecule has 0 heterocycles. The first-order valence-corrected chi connectivity index (χ1v) is 5.15. The summed E-state index contributed by atoms with van der Waals surface area (Å²) in [4.78, 5) is 1.07. The maximum absolute atomic E-state index is 9.19. The number of hydrogen-bond acceptors (Lipinski definition) is 3. The van der Waals surface area contributed by atoms with E-state index in [-0.39, 0.29) is 6.10 Å². The van der Waals surface area contributed by atoms with Crippen LogP contribution in [-0.2, 0) is 4.74 Å². The van der Waals surface area contributed by atoms with Crippen LogP contribution in [0.25, 0.3) is 0 Å². The zero-order chi connectivity index (χ0) is 9.68. The quantitative estimate of drug-likeness (QED) is 0.754. The molecule has 0 aliphatic rings. The van der Waals surface area contributed by atoms with Gasteiger partial charge in [0.25, 0.3) is 0 Å². The minimum absolute atomic E-state index is 0.243. The number of ether oxygens (including phenoxy) is 1. The Bertz CT molecular complexity index is 263. The number of rotatable bonds is 4. The van der Waals surface area contributed by atoms with Crippen LogP contribution in [0.3, 0.4) is 0 Å². The van der Waals surface area contributed by atoms with Gasteiger partial charge in [0.15, 0.2) is 0 Å². The zero-order valence-electron chi connectivity index (χ0n) is 7.86. The van der Waals surface area contributed by atoms with Crippen LogP contribution in [0.1, 0.15) is 6.92 Å². The summed E-state index contributed by atoms with van der Waals surface area (Å²) in [6.45, 7) is 2.02. The van der Waals surface area contributed by atoms with Gasteiger partial charge in [0.1, 0.15) is 5.75 Å². The molecule has 0 amide bonds. The molecule has 0 fully saturated rings. The summed E-state index contributed by atoms with van der Waals surface area (Å²) in [5.74, 6) is 1.22. The van der Waals surface area contributed by atoms with Crippen LogP contribution in [0.15, 0.2) is 29.2 Å². The Kier molecular flexibility index (Phi) is 4.12. The summed E-state index contributed by atoms with van der Waals surface area (Å²) in [5, 5.41) is 9.19. The molecule has 0 bridgehead atoms. The number of thioether (sulfide) groups is 1. The van der Waals surface area contributed by atoms with Gasteiger partial charge in [-0.25, -0.2) is 0 Å². The Morgan fingerprint density at radius 2 is 2.31 bits per heavy atom. The van der Waals surface area contributed by atoms with E-state index >= 15 is 0 Å². The van der Waals surface area contributed by atoms with E-state index in [0.717, 1.165) is 10.6 Å². The average Bonchev–Trinajstić information content (AvgIpc) is 2.14. The average molecular weight is 198 g/mol. The van der Waals surface area contributed by atoms with Gasteiger partial charge >= 0.3 is 0 Å². The first-order valence-electron chi connectivity index (χ1n) is 4.17. The molecular formula is C10H14O2S. The lowest BCUT2D eigenvalue weighted by atomic mass is 10.3. The highest BCUT2D eigenvalue weighted by Gasteiger charge is 2.01. The fraction of sp³-hybridized carbons (Fsp3) is 0.400. The fourth-order valence-corrected chi connectivity index (χ4v) is 1.80. The van der Waals surface area contributed by atoms with Crippen LogP contribution in [0.4, 0.5) is 0 Å². The molecule has 0 aliphatic heterocycles. The molecule has 3 heteroatoms. The molecule has 1 atom stereocenters. The second-order valence-electron chi connectivity index (χ2n) is 2.85. The monoisotopic (exact) mass is 198 g/mol. The topological polar surface area (TPSA) is 29.5 Å². The van der Waals surface area contributed by atoms with E-state index in [1.165, 1.54) is 0 Å². The summed E-state index contributed by atoms with van der Waals surface area (Å²) in [7, 11) is 1.70. The third kappa shape index (κ3) is 3.70. The molecule has 1 unspecified atom stereocenters. The highest BCUT2D eigenvalue weighted by molar-refractivity contribution is 7.99. The SMILES string of the molecule is COC(C)CSc1cccc(O)c1. The second kappa shape index (κ2) is 5.14. The van der Waals surface area contributed by atoms with Gasteiger partial charge in [-0.1, -0.05) is 6.07 Å². The molecule has 0 spiro atoms. The molecule has 1 N–H and O–H groups in total. The van der Waals surface area contributed by atoms with Gasteiger partial charge in [0.2, 0.25) is 0 Å². The van der Waals surface area contributed by atoms with Gasteiger partial charge < -0.3 is 9.84 Å². The predicted molar refractivity (Wildman–Crippen MR) is 55.3 cm³/mol. The normalized spacial score (nSPS) is 12.8. The van der Waals surface area contributed by atoms with Gasteiger partial charge in [-0.15, -0.1) is 11.8 Å². The van der Waals surface area contributed by atoms with E-state index in [9.17, 15) is 5.11 Å². The maximum Gasteiger partial charge on any atom is 0.116 e. The molecule has 0 saturated heterocycles. The Hall–Kier alpha value is -0.670. The van der Waals surface area contributed by atoms with Crippen molar-refractivity contribution in [3.8, 4) is 5.75 Å². The fourth-order valence-electron chi connectivity index (χ4n) is 0.855. The van der Waals surface area contributed by atoms with E-state index < -0.39 is 0 Å². The smallest absolute Gasteiger partial charge is 0.116 e. The molecule has 72 valence electrons. The van der Waals surface area contributed by atoms with Gasteiger partial charge in [-0.2, -0.15) is 0 Å². The van der Waals surface area contributed by atoms with E-state index in [1.54, 1.807) is 31.0 Å². The summed E-state index contributed by atoms with van der Waals surface area (Å²) < 4.78 is 5.12. The Morgan fingerprint density at radius 1 is 1.54 bits per heavy atom. The largest absolute Gasteiger partial charge is 0.508 e. The van der Waals surface area contributed by atoms with Crippen LogP contribution >= 0.6 is 11.8 Å². The summed E-state index contributed by atoms with van der Waals surface area (Å²) in [6.07, 6.45) is 0.243. The minimum atomic E-state index is 0.243. The van der Waals surface area contributed by atoms with Crippen molar-refractivity contribution in [1.82, 2.24) is 0 Å². The predicted octanol–water partition coefficient (Wildman–Crippen LogP) is 2.52. The lowest BCUT2D eigenvalue weighted by Crippen LogP contribution is -2.07. The van der Waals surface area contributed by atoms with Gasteiger partial charge in [0, 0.05) is 17.8 Å². The van der Waals surface area contributed by atoms with E-state index in [0.29, 0.717) is 5.75 Å². The molecule has 0 aromatic heterocycles. The van der Waals surface area contributed by atoms with Crippen molar-refractivity contribution in [2.24, 2.45) is 0 Å². The van der Waals surface area contributed by atoms with Crippen molar-refractivity contribution in [3.63, 3.8) is 0 Å². The lowest BCUT2D eigenvalue weighted by Gasteiger charge is -2.08. The van der Waals surface area contributed by atoms with Crippen LogP contribution in [0.2, 0.25) is 0 Å². The Labute approximate surface area is 82.9 Å². The van der Waals surface area contributed by atoms with Crippen molar-refractivity contribution in [1.29, 1.82) is 0 Å². The van der Waals surface area contributed by atoms with Crippen molar-refractivity contribution in [3.05, 3.63) is 24.3 Å². The third-order valence-electron chi connectivity index (χ3n) is 1.70. The second-order valence-corrected chi connectivity index (χ2v) is 3.95. The Balaban J connectivity index is 2.45. The van der Waals surface area contributed by atoms with E-state index in [4.69, 9.17) is 4.74 Å². The molecule has 1 aromatic carbocycles. The van der Waals surface area contributed by atoms with E-state index in [2.05, 4.69) is 0 Å². The summed E-state index contributed by atoms with van der Waals surface area (Å²) >= 11 is 1.68. The number of phenols is 1. The number of aromatic hydroxyl groups is 1. The van der Waals surface area contributed by atoms with Crippen LogP contribution in [0, 0.1) is 0 Å². The van der Waals surface area contributed by atoms with Crippen LogP contribution < -0.4 is 0 Å². The maximum atomic E-state index is 9.19. The van der Waals surface area contributed by atoms with E-state index in [1.807, 2.05) is 19.1 Å². The van der Waals surface area contributed by atoms with Gasteiger partial charge in [-0.3, -0.25) is 0 Å². The number of hydrogen-bond donors (Lipinski definition) is 1. The van der Waals surface area contributed by atoms with Crippen molar-refractivity contribution < 1.29 is 9.84 Å². The molecule has 0 radical (unpaired) electrons. The third-order valence-corrected chi connectivity index (χ3v) is 2.93. The van der Waals surface area contributed by atoms with Crippen molar-refractivity contribution >= 4 is 11.8 Å². The first-order chi connectivity index (χ1) is 6.22. The standard InChI is InChI=1S/C10H14O2S/c1-8(12-2)7-13-10-5-3-4-9(11)6-10/h3-6,8,11H,7H2,1-2H3. The number of benzene rings is 1. The van der Waals surface area contributed by atoms with Gasteiger partial charge in [-0.05, 0) is 25.1 Å². The molecule has 13 heavy (non-hydrogen) atoms. The minimum Gasteiger partial charge on any atom is -0.508 e. The zero-order valence-corrected chi connectivity index (χ0v) is 8.67. The molecule has 0 aliphatic carbocycles. The van der Waals surface area contributed by atoms with Crippen LogP contribution in [0.5, 0.6) is 5.75 Å².